The van der Waals surface area contributed by atoms with E-state index in [0.29, 0.717) is 15.7 Å². The van der Waals surface area contributed by atoms with E-state index in [1.807, 2.05) is 13.0 Å². The van der Waals surface area contributed by atoms with Crippen molar-refractivity contribution in [2.24, 2.45) is 0 Å². The lowest BCUT2D eigenvalue weighted by Gasteiger charge is -2.09. The predicted octanol–water partition coefficient (Wildman–Crippen LogP) is 1.82. The molecule has 19 heavy (non-hydrogen) atoms. The van der Waals surface area contributed by atoms with Gasteiger partial charge in [0.25, 0.3) is 0 Å². The molecule has 1 aromatic carbocycles. The molecule has 0 amide bonds. The maximum atomic E-state index is 12.2. The molecule has 5 nitrogen and oxygen atoms in total. The van der Waals surface area contributed by atoms with Gasteiger partial charge in [-0.3, -0.25) is 0 Å². The van der Waals surface area contributed by atoms with Crippen molar-refractivity contribution in [3.05, 3.63) is 40.4 Å². The van der Waals surface area contributed by atoms with Crippen LogP contribution in [0.3, 0.4) is 0 Å². The molecule has 0 spiro atoms. The van der Waals surface area contributed by atoms with Crippen LogP contribution in [0, 0.1) is 13.8 Å². The van der Waals surface area contributed by atoms with Crippen molar-refractivity contribution in [2.75, 3.05) is 5.73 Å². The Kier molecular flexibility index (Phi) is 3.88. The van der Waals surface area contributed by atoms with Gasteiger partial charge in [-0.25, -0.2) is 18.1 Å². The minimum Gasteiger partial charge on any atom is -0.375 e. The van der Waals surface area contributed by atoms with Gasteiger partial charge < -0.3 is 5.73 Å². The van der Waals surface area contributed by atoms with Crippen LogP contribution in [0.1, 0.15) is 16.8 Å². The molecule has 1 aromatic heterocycles. The van der Waals surface area contributed by atoms with E-state index in [1.54, 1.807) is 24.4 Å². The van der Waals surface area contributed by atoms with E-state index in [1.165, 1.54) is 11.3 Å². The normalized spacial score (nSPS) is 11.7. The van der Waals surface area contributed by atoms with Gasteiger partial charge in [-0.2, -0.15) is 0 Å². The molecule has 0 aliphatic rings. The van der Waals surface area contributed by atoms with Gasteiger partial charge >= 0.3 is 0 Å². The molecule has 0 bridgehead atoms. The summed E-state index contributed by atoms with van der Waals surface area (Å²) >= 11 is 1.29. The number of benzene rings is 1. The number of rotatable bonds is 4. The lowest BCUT2D eigenvalue weighted by molar-refractivity contribution is 0.580. The first-order valence-corrected chi connectivity index (χ1v) is 8.01. The Hall–Kier alpha value is -1.44. The highest BCUT2D eigenvalue weighted by Gasteiger charge is 2.16. The molecule has 102 valence electrons. The van der Waals surface area contributed by atoms with Crippen molar-refractivity contribution >= 4 is 26.5 Å². The number of aromatic nitrogens is 1. The maximum absolute atomic E-state index is 12.2. The average molecular weight is 297 g/mol. The largest absolute Gasteiger partial charge is 0.375 e. The number of nitrogens with two attached hydrogens (primary N) is 1. The van der Waals surface area contributed by atoms with E-state index in [9.17, 15) is 8.42 Å². The number of thiazole rings is 1. The molecule has 0 unspecified atom stereocenters. The molecule has 0 radical (unpaired) electrons. The van der Waals surface area contributed by atoms with Crippen LogP contribution < -0.4 is 10.5 Å². The number of nitrogen functional groups attached to an aromatic ring is 1. The van der Waals surface area contributed by atoms with E-state index in [2.05, 4.69) is 9.71 Å². The smallest absolute Gasteiger partial charge is 0.241 e. The summed E-state index contributed by atoms with van der Waals surface area (Å²) in [6.45, 7) is 3.85. The number of aryl methyl sites for hydroxylation is 2. The summed E-state index contributed by atoms with van der Waals surface area (Å²) in [5.41, 5.74) is 7.88. The second-order valence-corrected chi connectivity index (χ2v) is 6.90. The fourth-order valence-electron chi connectivity index (χ4n) is 1.75. The minimum absolute atomic E-state index is 0.142. The predicted molar refractivity (Wildman–Crippen MR) is 76.5 cm³/mol. The Balaban J connectivity index is 2.18. The van der Waals surface area contributed by atoms with Crippen molar-refractivity contribution in [3.63, 3.8) is 0 Å². The molecule has 0 aliphatic carbocycles. The highest BCUT2D eigenvalue weighted by atomic mass is 32.2. The Morgan fingerprint density at radius 3 is 2.68 bits per heavy atom. The van der Waals surface area contributed by atoms with E-state index in [-0.39, 0.29) is 6.54 Å². The molecule has 2 aromatic rings. The summed E-state index contributed by atoms with van der Waals surface area (Å²) in [5, 5.41) is 2.17. The van der Waals surface area contributed by atoms with Crippen molar-refractivity contribution in [1.82, 2.24) is 9.71 Å². The third-order valence-electron chi connectivity index (χ3n) is 2.63. The summed E-state index contributed by atoms with van der Waals surface area (Å²) in [4.78, 5) is 4.31. The van der Waals surface area contributed by atoms with Crippen molar-refractivity contribution < 1.29 is 8.42 Å². The summed E-state index contributed by atoms with van der Waals surface area (Å²) in [7, 11) is -3.52. The van der Waals surface area contributed by atoms with Crippen LogP contribution >= 0.6 is 11.3 Å². The second kappa shape index (κ2) is 5.28. The Morgan fingerprint density at radius 1 is 1.37 bits per heavy atom. The molecule has 0 saturated carbocycles. The van der Waals surface area contributed by atoms with Crippen LogP contribution in [0.15, 0.2) is 28.5 Å². The van der Waals surface area contributed by atoms with E-state index in [4.69, 9.17) is 5.73 Å². The van der Waals surface area contributed by atoms with Gasteiger partial charge in [0.2, 0.25) is 10.0 Å². The number of nitrogens with one attached hydrogen (secondary N) is 1. The van der Waals surface area contributed by atoms with Crippen LogP contribution in [0.4, 0.5) is 5.13 Å². The fourth-order valence-corrected chi connectivity index (χ4v) is 3.54. The SMILES string of the molecule is Cc1ccc(S(=O)(=O)NCc2csc(N)n2)c(C)c1. The Morgan fingerprint density at radius 2 is 2.11 bits per heavy atom. The molecule has 3 N–H and O–H groups in total. The highest BCUT2D eigenvalue weighted by Crippen LogP contribution is 2.17. The zero-order valence-electron chi connectivity index (χ0n) is 10.7. The van der Waals surface area contributed by atoms with Crippen LogP contribution in [0.5, 0.6) is 0 Å². The Bertz CT molecular complexity index is 693. The number of hydrogen-bond acceptors (Lipinski definition) is 5. The van der Waals surface area contributed by atoms with Gasteiger partial charge in [-0.15, -0.1) is 11.3 Å². The van der Waals surface area contributed by atoms with E-state index in [0.717, 1.165) is 11.1 Å². The monoisotopic (exact) mass is 297 g/mol. The van der Waals surface area contributed by atoms with Gasteiger partial charge in [0, 0.05) is 5.38 Å². The van der Waals surface area contributed by atoms with Crippen LogP contribution in [-0.4, -0.2) is 13.4 Å². The first-order valence-electron chi connectivity index (χ1n) is 5.65. The van der Waals surface area contributed by atoms with Crippen molar-refractivity contribution in [3.8, 4) is 0 Å². The molecule has 0 fully saturated rings. The van der Waals surface area contributed by atoms with E-state index < -0.39 is 10.0 Å². The number of nitrogens with zero attached hydrogens (tertiary/aromatic N) is 1. The minimum atomic E-state index is -3.52. The Labute approximate surface area is 116 Å². The van der Waals surface area contributed by atoms with Gasteiger partial charge in [0.15, 0.2) is 5.13 Å². The van der Waals surface area contributed by atoms with Crippen molar-refractivity contribution in [1.29, 1.82) is 0 Å². The third-order valence-corrected chi connectivity index (χ3v) is 4.92. The maximum Gasteiger partial charge on any atom is 0.241 e. The molecular formula is C12H15N3O2S2. The quantitative estimate of drug-likeness (QED) is 0.901. The molecule has 7 heteroatoms. The molecule has 1 heterocycles. The third kappa shape index (κ3) is 3.31. The molecule has 2 rings (SSSR count). The van der Waals surface area contributed by atoms with Gasteiger partial charge in [0.05, 0.1) is 17.1 Å². The average Bonchev–Trinajstić information content (AvgIpc) is 2.72. The zero-order chi connectivity index (χ0) is 14.0. The van der Waals surface area contributed by atoms with Gasteiger partial charge in [-0.1, -0.05) is 17.7 Å². The second-order valence-electron chi connectivity index (χ2n) is 4.27. The lowest BCUT2D eigenvalue weighted by Crippen LogP contribution is -2.24. The number of hydrogen-bond donors (Lipinski definition) is 2. The summed E-state index contributed by atoms with van der Waals surface area (Å²) in [6, 6.07) is 5.24. The molecule has 0 atom stereocenters. The first kappa shape index (κ1) is 14.0. The topological polar surface area (TPSA) is 85.1 Å². The fraction of sp³-hybridized carbons (Fsp3) is 0.250. The van der Waals surface area contributed by atoms with Crippen molar-refractivity contribution in [2.45, 2.75) is 25.3 Å². The first-order chi connectivity index (χ1) is 8.88. The molecule has 0 saturated heterocycles. The molecular weight excluding hydrogens is 282 g/mol. The number of sulfonamides is 1. The summed E-state index contributed by atoms with van der Waals surface area (Å²) in [5.74, 6) is 0. The van der Waals surface area contributed by atoms with Crippen LogP contribution in [-0.2, 0) is 16.6 Å². The summed E-state index contributed by atoms with van der Waals surface area (Å²) in [6.07, 6.45) is 0. The molecule has 0 aliphatic heterocycles. The number of anilines is 1. The highest BCUT2D eigenvalue weighted by molar-refractivity contribution is 7.89. The lowest BCUT2D eigenvalue weighted by atomic mass is 10.2. The zero-order valence-corrected chi connectivity index (χ0v) is 12.3. The van der Waals surface area contributed by atoms with Gasteiger partial charge in [0.1, 0.15) is 0 Å². The standard InChI is InChI=1S/C12H15N3O2S2/c1-8-3-4-11(9(2)5-8)19(16,17)14-6-10-7-18-12(13)15-10/h3-5,7,14H,6H2,1-2H3,(H2,13,15). The van der Waals surface area contributed by atoms with E-state index >= 15 is 0 Å². The van der Waals surface area contributed by atoms with Crippen LogP contribution in [0.2, 0.25) is 0 Å². The van der Waals surface area contributed by atoms with Gasteiger partial charge in [-0.05, 0) is 25.5 Å². The summed E-state index contributed by atoms with van der Waals surface area (Å²) < 4.78 is 26.9. The van der Waals surface area contributed by atoms with Crippen LogP contribution in [0.25, 0.3) is 0 Å².